The molecule has 0 saturated carbocycles. The molecule has 0 spiro atoms. The van der Waals surface area contributed by atoms with Crippen LogP contribution in [0, 0.1) is 5.82 Å². The number of likely N-dealkylation sites (tertiary alicyclic amines) is 1. The van der Waals surface area contributed by atoms with Gasteiger partial charge in [-0.15, -0.1) is 10.2 Å². The van der Waals surface area contributed by atoms with Crippen molar-refractivity contribution < 1.29 is 26.8 Å². The van der Waals surface area contributed by atoms with E-state index in [4.69, 9.17) is 4.42 Å². The van der Waals surface area contributed by atoms with Crippen molar-refractivity contribution in [3.8, 4) is 11.5 Å². The number of aromatic nitrogens is 2. The Kier molecular flexibility index (Phi) is 6.22. The Morgan fingerprint density at radius 1 is 1.06 bits per heavy atom. The van der Waals surface area contributed by atoms with Gasteiger partial charge in [-0.2, -0.15) is 13.2 Å². The number of amides is 1. The Labute approximate surface area is 181 Å². The van der Waals surface area contributed by atoms with Gasteiger partial charge in [0.15, 0.2) is 0 Å². The Morgan fingerprint density at radius 2 is 1.75 bits per heavy atom. The number of nitrogens with one attached hydrogen (secondary N) is 1. The summed E-state index contributed by atoms with van der Waals surface area (Å²) in [6.45, 7) is 1.12. The summed E-state index contributed by atoms with van der Waals surface area (Å²) in [5.41, 5.74) is -0.502. The first kappa shape index (κ1) is 21.9. The van der Waals surface area contributed by atoms with Crippen molar-refractivity contribution in [3.63, 3.8) is 0 Å². The van der Waals surface area contributed by atoms with Crippen molar-refractivity contribution in [2.24, 2.45) is 0 Å². The lowest BCUT2D eigenvalue weighted by molar-refractivity contribution is -0.137. The van der Waals surface area contributed by atoms with Gasteiger partial charge in [0.05, 0.1) is 17.8 Å². The second-order valence-electron chi connectivity index (χ2n) is 7.59. The number of halogens is 4. The molecular formula is C22H20F4N4O2. The van der Waals surface area contributed by atoms with E-state index in [2.05, 4.69) is 15.5 Å². The highest BCUT2D eigenvalue weighted by atomic mass is 19.4. The first-order valence-electron chi connectivity index (χ1n) is 10.1. The van der Waals surface area contributed by atoms with Gasteiger partial charge in [0.2, 0.25) is 17.7 Å². The minimum absolute atomic E-state index is 0.0103. The van der Waals surface area contributed by atoms with Crippen LogP contribution in [0.4, 0.5) is 23.2 Å². The molecule has 0 bridgehead atoms. The largest absolute Gasteiger partial charge is 0.420 e. The molecule has 2 heterocycles. The number of anilines is 1. The SMILES string of the molecule is O=C(CN1CCC(c2nnc(-c3ccc(F)cc3)o2)CC1)Nc1ccccc1C(F)(F)F. The molecule has 1 aliphatic heterocycles. The zero-order valence-corrected chi connectivity index (χ0v) is 16.9. The van der Waals surface area contributed by atoms with Crippen LogP contribution < -0.4 is 5.32 Å². The molecule has 1 N–H and O–H groups in total. The molecule has 1 aromatic heterocycles. The maximum absolute atomic E-state index is 13.1. The van der Waals surface area contributed by atoms with E-state index in [1.807, 2.05) is 4.90 Å². The highest BCUT2D eigenvalue weighted by molar-refractivity contribution is 5.93. The van der Waals surface area contributed by atoms with Crippen molar-refractivity contribution >= 4 is 11.6 Å². The molecule has 4 rings (SSSR count). The third-order valence-electron chi connectivity index (χ3n) is 5.34. The number of benzene rings is 2. The molecule has 1 fully saturated rings. The second-order valence-corrected chi connectivity index (χ2v) is 7.59. The average Bonchev–Trinajstić information content (AvgIpc) is 3.24. The molecule has 32 heavy (non-hydrogen) atoms. The maximum Gasteiger partial charge on any atom is 0.418 e. The van der Waals surface area contributed by atoms with E-state index in [9.17, 15) is 22.4 Å². The normalized spacial score (nSPS) is 15.6. The van der Waals surface area contributed by atoms with Crippen LogP contribution in [0.2, 0.25) is 0 Å². The van der Waals surface area contributed by atoms with Crippen molar-refractivity contribution in [3.05, 3.63) is 65.8 Å². The third-order valence-corrected chi connectivity index (χ3v) is 5.34. The summed E-state index contributed by atoms with van der Waals surface area (Å²) in [6.07, 6.45) is -3.21. The predicted molar refractivity (Wildman–Crippen MR) is 108 cm³/mol. The fourth-order valence-electron chi connectivity index (χ4n) is 3.68. The van der Waals surface area contributed by atoms with Crippen LogP contribution in [-0.4, -0.2) is 40.6 Å². The summed E-state index contributed by atoms with van der Waals surface area (Å²) < 4.78 is 58.1. The lowest BCUT2D eigenvalue weighted by Crippen LogP contribution is -2.39. The van der Waals surface area contributed by atoms with E-state index >= 15 is 0 Å². The van der Waals surface area contributed by atoms with E-state index in [1.165, 1.54) is 30.3 Å². The smallest absolute Gasteiger partial charge is 0.418 e. The lowest BCUT2D eigenvalue weighted by Gasteiger charge is -2.29. The summed E-state index contributed by atoms with van der Waals surface area (Å²) >= 11 is 0. The molecule has 0 radical (unpaired) electrons. The molecule has 0 unspecified atom stereocenters. The van der Waals surface area contributed by atoms with Gasteiger partial charge in [-0.25, -0.2) is 4.39 Å². The standard InChI is InChI=1S/C22H20F4N4O2/c23-16-7-5-14(6-8-16)20-28-29-21(32-20)15-9-11-30(12-10-15)13-19(31)27-18-4-2-1-3-17(18)22(24,25)26/h1-8,15H,9-13H2,(H,27,31). The van der Waals surface area contributed by atoms with Crippen LogP contribution in [0.1, 0.15) is 30.2 Å². The molecule has 1 saturated heterocycles. The summed E-state index contributed by atoms with van der Waals surface area (Å²) in [4.78, 5) is 14.2. The Morgan fingerprint density at radius 3 is 2.44 bits per heavy atom. The quantitative estimate of drug-likeness (QED) is 0.573. The van der Waals surface area contributed by atoms with Crippen molar-refractivity contribution in [1.29, 1.82) is 0 Å². The number of carbonyl (C=O) groups excluding carboxylic acids is 1. The van der Waals surface area contributed by atoms with Gasteiger partial charge in [0, 0.05) is 11.5 Å². The van der Waals surface area contributed by atoms with E-state index < -0.39 is 17.6 Å². The van der Waals surface area contributed by atoms with Gasteiger partial charge in [-0.05, 0) is 62.3 Å². The lowest BCUT2D eigenvalue weighted by atomic mass is 9.97. The Hall–Kier alpha value is -3.27. The van der Waals surface area contributed by atoms with Crippen LogP contribution in [-0.2, 0) is 11.0 Å². The third kappa shape index (κ3) is 5.13. The zero-order chi connectivity index (χ0) is 22.7. The number of nitrogens with zero attached hydrogens (tertiary/aromatic N) is 3. The van der Waals surface area contributed by atoms with Gasteiger partial charge >= 0.3 is 6.18 Å². The fraction of sp³-hybridized carbons (Fsp3) is 0.318. The molecular weight excluding hydrogens is 428 g/mol. The zero-order valence-electron chi connectivity index (χ0n) is 16.9. The fourth-order valence-corrected chi connectivity index (χ4v) is 3.68. The summed E-state index contributed by atoms with van der Waals surface area (Å²) in [6, 6.07) is 10.7. The first-order chi connectivity index (χ1) is 15.3. The van der Waals surface area contributed by atoms with Gasteiger partial charge in [0.1, 0.15) is 5.82 Å². The van der Waals surface area contributed by atoms with Gasteiger partial charge in [0.25, 0.3) is 0 Å². The molecule has 168 valence electrons. The van der Waals surface area contributed by atoms with Crippen molar-refractivity contribution in [2.75, 3.05) is 25.0 Å². The number of rotatable bonds is 5. The molecule has 0 aliphatic carbocycles. The van der Waals surface area contributed by atoms with Crippen LogP contribution >= 0.6 is 0 Å². The molecule has 1 aliphatic rings. The van der Waals surface area contributed by atoms with Crippen LogP contribution in [0.25, 0.3) is 11.5 Å². The van der Waals surface area contributed by atoms with Gasteiger partial charge < -0.3 is 9.73 Å². The minimum Gasteiger partial charge on any atom is -0.420 e. The monoisotopic (exact) mass is 448 g/mol. The molecule has 10 heteroatoms. The van der Waals surface area contributed by atoms with E-state index in [-0.39, 0.29) is 24.0 Å². The summed E-state index contributed by atoms with van der Waals surface area (Å²) in [7, 11) is 0. The van der Waals surface area contributed by atoms with E-state index in [0.717, 1.165) is 6.07 Å². The molecule has 3 aromatic rings. The van der Waals surface area contributed by atoms with Crippen LogP contribution in [0.15, 0.2) is 52.9 Å². The number of hydrogen-bond donors (Lipinski definition) is 1. The summed E-state index contributed by atoms with van der Waals surface area (Å²) in [5.74, 6) is -0.0528. The van der Waals surface area contributed by atoms with E-state index in [1.54, 1.807) is 12.1 Å². The number of carbonyl (C=O) groups is 1. The topological polar surface area (TPSA) is 71.3 Å². The highest BCUT2D eigenvalue weighted by Gasteiger charge is 2.34. The maximum atomic E-state index is 13.1. The minimum atomic E-state index is -4.54. The molecule has 1 amide bonds. The number of alkyl halides is 3. The second kappa shape index (κ2) is 9.07. The number of para-hydroxylation sites is 1. The van der Waals surface area contributed by atoms with Gasteiger partial charge in [-0.1, -0.05) is 12.1 Å². The Balaban J connectivity index is 1.31. The molecule has 2 aromatic carbocycles. The number of piperidine rings is 1. The Bertz CT molecular complexity index is 1070. The van der Waals surface area contributed by atoms with E-state index in [0.29, 0.717) is 43.3 Å². The summed E-state index contributed by atoms with van der Waals surface area (Å²) in [5, 5.41) is 10.5. The average molecular weight is 448 g/mol. The highest BCUT2D eigenvalue weighted by Crippen LogP contribution is 2.34. The van der Waals surface area contributed by atoms with Crippen LogP contribution in [0.3, 0.4) is 0 Å². The predicted octanol–water partition coefficient (Wildman–Crippen LogP) is 4.71. The molecule has 6 nitrogen and oxygen atoms in total. The molecule has 0 atom stereocenters. The van der Waals surface area contributed by atoms with Crippen LogP contribution in [0.5, 0.6) is 0 Å². The number of hydrogen-bond acceptors (Lipinski definition) is 5. The van der Waals surface area contributed by atoms with Crippen molar-refractivity contribution in [1.82, 2.24) is 15.1 Å². The first-order valence-corrected chi connectivity index (χ1v) is 10.1. The van der Waals surface area contributed by atoms with Crippen molar-refractivity contribution in [2.45, 2.75) is 24.9 Å². The van der Waals surface area contributed by atoms with Gasteiger partial charge in [-0.3, -0.25) is 9.69 Å².